The van der Waals surface area contributed by atoms with E-state index in [-0.39, 0.29) is 5.78 Å². The van der Waals surface area contributed by atoms with E-state index in [1.807, 2.05) is 12.1 Å². The highest BCUT2D eigenvalue weighted by Crippen LogP contribution is 2.34. The number of hydrogen-bond acceptors (Lipinski definition) is 2. The van der Waals surface area contributed by atoms with Gasteiger partial charge in [-0.2, -0.15) is 0 Å². The number of benzene rings is 2. The van der Waals surface area contributed by atoms with E-state index in [0.29, 0.717) is 23.6 Å². The fourth-order valence-corrected chi connectivity index (χ4v) is 3.88. The average molecular weight is 431 g/mol. The van der Waals surface area contributed by atoms with Crippen molar-refractivity contribution in [3.05, 3.63) is 61.0 Å². The summed E-state index contributed by atoms with van der Waals surface area (Å²) in [4.78, 5) is 12.5. The number of fused-ring (bicyclic) bond motifs is 1. The molecule has 1 aliphatic heterocycles. The number of halogens is 3. The average Bonchev–Trinajstić information content (AvgIpc) is 2.85. The van der Waals surface area contributed by atoms with Crippen molar-refractivity contribution >= 4 is 49.2 Å². The van der Waals surface area contributed by atoms with Crippen molar-refractivity contribution in [1.82, 2.24) is 0 Å². The van der Waals surface area contributed by atoms with Gasteiger partial charge in [0.1, 0.15) is 5.75 Å². The first-order chi connectivity index (χ1) is 10.0. The van der Waals surface area contributed by atoms with E-state index in [9.17, 15) is 4.79 Å². The third kappa shape index (κ3) is 3.33. The molecule has 0 unspecified atom stereocenters. The number of hydrogen-bond donors (Lipinski definition) is 0. The topological polar surface area (TPSA) is 26.3 Å². The summed E-state index contributed by atoms with van der Waals surface area (Å²) in [5.74, 6) is 0.877. The molecule has 2 aromatic carbocycles. The van der Waals surface area contributed by atoms with E-state index < -0.39 is 0 Å². The van der Waals surface area contributed by atoms with Crippen LogP contribution in [0.2, 0.25) is 5.02 Å². The van der Waals surface area contributed by atoms with Crippen LogP contribution in [0.4, 0.5) is 0 Å². The smallest absolute Gasteiger partial charge is 0.167 e. The van der Waals surface area contributed by atoms with Crippen LogP contribution < -0.4 is 4.74 Å². The molecule has 0 aromatic heterocycles. The first-order valence-electron chi connectivity index (χ1n) is 6.46. The van der Waals surface area contributed by atoms with Crippen LogP contribution in [-0.2, 0) is 12.8 Å². The van der Waals surface area contributed by atoms with E-state index in [1.54, 1.807) is 18.2 Å². The van der Waals surface area contributed by atoms with Crippen LogP contribution >= 0.6 is 43.5 Å². The SMILES string of the molecule is O=C(Cc1cc(Br)cc2c1OCC2)c1cc(Cl)cc(Br)c1. The van der Waals surface area contributed by atoms with Gasteiger partial charge in [-0.25, -0.2) is 0 Å². The molecule has 0 saturated carbocycles. The Morgan fingerprint density at radius 3 is 2.67 bits per heavy atom. The molecule has 0 atom stereocenters. The van der Waals surface area contributed by atoms with Gasteiger partial charge in [-0.15, -0.1) is 0 Å². The van der Waals surface area contributed by atoms with Crippen LogP contribution in [0, 0.1) is 0 Å². The van der Waals surface area contributed by atoms with Gasteiger partial charge in [-0.3, -0.25) is 4.79 Å². The summed E-state index contributed by atoms with van der Waals surface area (Å²) in [5, 5.41) is 0.545. The van der Waals surface area contributed by atoms with Gasteiger partial charge >= 0.3 is 0 Å². The van der Waals surface area contributed by atoms with Crippen molar-refractivity contribution in [2.24, 2.45) is 0 Å². The molecule has 5 heteroatoms. The standard InChI is InChI=1S/C16H11Br2ClO2/c17-12-3-9-1-2-21-16(9)11(5-12)7-15(20)10-4-13(18)8-14(19)6-10/h3-6,8H,1-2,7H2. The Hall–Kier alpha value is -0.840. The van der Waals surface area contributed by atoms with E-state index in [0.717, 1.165) is 32.2 Å². The van der Waals surface area contributed by atoms with Crippen molar-refractivity contribution in [3.63, 3.8) is 0 Å². The summed E-state index contributed by atoms with van der Waals surface area (Å²) in [5.41, 5.74) is 2.67. The molecule has 2 nitrogen and oxygen atoms in total. The zero-order valence-corrected chi connectivity index (χ0v) is 14.9. The van der Waals surface area contributed by atoms with E-state index in [4.69, 9.17) is 16.3 Å². The number of carbonyl (C=O) groups excluding carboxylic acids is 1. The molecule has 108 valence electrons. The molecule has 2 aromatic rings. The van der Waals surface area contributed by atoms with Crippen molar-refractivity contribution in [2.45, 2.75) is 12.8 Å². The van der Waals surface area contributed by atoms with Gasteiger partial charge in [-0.1, -0.05) is 43.5 Å². The lowest BCUT2D eigenvalue weighted by Crippen LogP contribution is -2.05. The number of rotatable bonds is 3. The molecule has 3 rings (SSSR count). The minimum absolute atomic E-state index is 0.0222. The maximum absolute atomic E-state index is 12.5. The van der Waals surface area contributed by atoms with Crippen molar-refractivity contribution in [1.29, 1.82) is 0 Å². The number of carbonyl (C=O) groups is 1. The second-order valence-corrected chi connectivity index (χ2v) is 7.18. The van der Waals surface area contributed by atoms with Crippen molar-refractivity contribution in [2.75, 3.05) is 6.61 Å². The lowest BCUT2D eigenvalue weighted by molar-refractivity contribution is 0.0992. The van der Waals surface area contributed by atoms with Crippen LogP contribution in [0.5, 0.6) is 5.75 Å². The Labute approximate surface area is 144 Å². The van der Waals surface area contributed by atoms with E-state index >= 15 is 0 Å². The Balaban J connectivity index is 1.92. The summed E-state index contributed by atoms with van der Waals surface area (Å²) >= 11 is 12.9. The summed E-state index contributed by atoms with van der Waals surface area (Å²) in [6.45, 7) is 0.676. The lowest BCUT2D eigenvalue weighted by atomic mass is 10.00. The van der Waals surface area contributed by atoms with Gasteiger partial charge in [0.05, 0.1) is 6.61 Å². The maximum Gasteiger partial charge on any atom is 0.167 e. The highest BCUT2D eigenvalue weighted by atomic mass is 79.9. The van der Waals surface area contributed by atoms with Crippen LogP contribution in [-0.4, -0.2) is 12.4 Å². The second kappa shape index (κ2) is 6.11. The third-order valence-corrected chi connectivity index (χ3v) is 4.49. The Bertz CT molecular complexity index is 708. The quantitative estimate of drug-likeness (QED) is 0.624. The van der Waals surface area contributed by atoms with Gasteiger partial charge < -0.3 is 4.74 Å². The summed E-state index contributed by atoms with van der Waals surface area (Å²) < 4.78 is 7.43. The number of ether oxygens (including phenoxy) is 1. The molecule has 1 heterocycles. The van der Waals surface area contributed by atoms with Gasteiger partial charge in [0.15, 0.2) is 5.78 Å². The lowest BCUT2D eigenvalue weighted by Gasteiger charge is -2.09. The molecule has 0 bridgehead atoms. The summed E-state index contributed by atoms with van der Waals surface area (Å²) in [6.07, 6.45) is 1.19. The predicted octanol–water partition coefficient (Wildman–Crippen LogP) is 5.23. The molecular formula is C16H11Br2ClO2. The highest BCUT2D eigenvalue weighted by Gasteiger charge is 2.20. The summed E-state index contributed by atoms with van der Waals surface area (Å²) in [7, 11) is 0. The molecule has 0 amide bonds. The minimum atomic E-state index is 0.0222. The number of ketones is 1. The Kier molecular flexibility index (Phi) is 4.38. The van der Waals surface area contributed by atoms with Crippen LogP contribution in [0.25, 0.3) is 0 Å². The van der Waals surface area contributed by atoms with Gasteiger partial charge in [0.25, 0.3) is 0 Å². The zero-order chi connectivity index (χ0) is 15.0. The predicted molar refractivity (Wildman–Crippen MR) is 90.5 cm³/mol. The zero-order valence-electron chi connectivity index (χ0n) is 11.0. The summed E-state index contributed by atoms with van der Waals surface area (Å²) in [6, 6.07) is 9.23. The first kappa shape index (κ1) is 15.1. The highest BCUT2D eigenvalue weighted by molar-refractivity contribution is 9.10. The molecular weight excluding hydrogens is 419 g/mol. The molecule has 1 aliphatic rings. The fourth-order valence-electron chi connectivity index (χ4n) is 2.47. The van der Waals surface area contributed by atoms with Crippen LogP contribution in [0.3, 0.4) is 0 Å². The van der Waals surface area contributed by atoms with Gasteiger partial charge in [0.2, 0.25) is 0 Å². The Morgan fingerprint density at radius 1 is 1.14 bits per heavy atom. The second-order valence-electron chi connectivity index (χ2n) is 4.91. The normalized spacial score (nSPS) is 12.9. The van der Waals surface area contributed by atoms with E-state index in [2.05, 4.69) is 31.9 Å². The largest absolute Gasteiger partial charge is 0.493 e. The van der Waals surface area contributed by atoms with Crippen LogP contribution in [0.1, 0.15) is 21.5 Å². The third-order valence-electron chi connectivity index (χ3n) is 3.36. The monoisotopic (exact) mass is 428 g/mol. The molecule has 21 heavy (non-hydrogen) atoms. The molecule has 0 fully saturated rings. The Morgan fingerprint density at radius 2 is 1.90 bits per heavy atom. The molecule has 0 radical (unpaired) electrons. The van der Waals surface area contributed by atoms with Gasteiger partial charge in [0, 0.05) is 37.9 Å². The number of Topliss-reactive ketones (excluding diaryl/α,β-unsaturated/α-hetero) is 1. The van der Waals surface area contributed by atoms with Crippen molar-refractivity contribution < 1.29 is 9.53 Å². The minimum Gasteiger partial charge on any atom is -0.493 e. The van der Waals surface area contributed by atoms with E-state index in [1.165, 1.54) is 0 Å². The molecule has 0 spiro atoms. The van der Waals surface area contributed by atoms with Crippen molar-refractivity contribution in [3.8, 4) is 5.75 Å². The maximum atomic E-state index is 12.5. The molecule has 0 aliphatic carbocycles. The van der Waals surface area contributed by atoms with Gasteiger partial charge in [-0.05, 0) is 35.9 Å². The molecule has 0 saturated heterocycles. The fraction of sp³-hybridized carbons (Fsp3) is 0.188. The van der Waals surface area contributed by atoms with Crippen LogP contribution in [0.15, 0.2) is 39.3 Å². The first-order valence-corrected chi connectivity index (χ1v) is 8.43. The molecule has 0 N–H and O–H groups in total.